The van der Waals surface area contributed by atoms with Crippen molar-refractivity contribution >= 4 is 28.3 Å². The Bertz CT molecular complexity index is 892. The lowest BCUT2D eigenvalue weighted by atomic mass is 10.1. The van der Waals surface area contributed by atoms with Gasteiger partial charge in [0.1, 0.15) is 5.75 Å². The van der Waals surface area contributed by atoms with Crippen molar-refractivity contribution in [2.24, 2.45) is 0 Å². The molecule has 0 heterocycles. The van der Waals surface area contributed by atoms with Gasteiger partial charge in [-0.05, 0) is 17.7 Å². The maximum absolute atomic E-state index is 12.1. The molecule has 0 fully saturated rings. The van der Waals surface area contributed by atoms with E-state index in [1.54, 1.807) is 36.4 Å². The maximum atomic E-state index is 12.1. The zero-order valence-corrected chi connectivity index (χ0v) is 12.8. The zero-order chi connectivity index (χ0) is 16.9. The molecule has 3 rings (SSSR count). The van der Waals surface area contributed by atoms with Gasteiger partial charge in [-0.25, -0.2) is 0 Å². The van der Waals surface area contributed by atoms with Gasteiger partial charge in [0.15, 0.2) is 0 Å². The number of nitrogens with one attached hydrogen (secondary N) is 2. The molecule has 0 atom stereocenters. The van der Waals surface area contributed by atoms with E-state index in [2.05, 4.69) is 10.6 Å². The molecule has 0 aliphatic carbocycles. The third-order valence-electron chi connectivity index (χ3n) is 3.65. The van der Waals surface area contributed by atoms with E-state index in [-0.39, 0.29) is 12.3 Å². The average molecular weight is 320 g/mol. The molecule has 0 saturated carbocycles. The number of amides is 2. The average Bonchev–Trinajstić information content (AvgIpc) is 2.61. The van der Waals surface area contributed by atoms with Crippen LogP contribution in [0.25, 0.3) is 10.8 Å². The van der Waals surface area contributed by atoms with Gasteiger partial charge in [0.05, 0.1) is 0 Å². The minimum Gasteiger partial charge on any atom is -0.507 e. The lowest BCUT2D eigenvalue weighted by Crippen LogP contribution is -2.35. The van der Waals surface area contributed by atoms with E-state index < -0.39 is 11.8 Å². The number of phenolic OH excluding ortho intramolecular Hbond substituents is 1. The summed E-state index contributed by atoms with van der Waals surface area (Å²) in [6.45, 7) is 0.281. The molecule has 0 saturated heterocycles. The molecule has 0 aromatic heterocycles. The predicted octanol–water partition coefficient (Wildman–Crippen LogP) is 2.80. The van der Waals surface area contributed by atoms with Crippen LogP contribution < -0.4 is 10.6 Å². The largest absolute Gasteiger partial charge is 0.507 e. The summed E-state index contributed by atoms with van der Waals surface area (Å²) in [6.07, 6.45) is 0. The van der Waals surface area contributed by atoms with Crippen LogP contribution >= 0.6 is 0 Å². The lowest BCUT2D eigenvalue weighted by molar-refractivity contribution is -0.136. The number of hydrogen-bond donors (Lipinski definition) is 3. The summed E-state index contributed by atoms with van der Waals surface area (Å²) in [4.78, 5) is 24.0. The summed E-state index contributed by atoms with van der Waals surface area (Å²) < 4.78 is 0. The van der Waals surface area contributed by atoms with Gasteiger partial charge in [-0.2, -0.15) is 0 Å². The van der Waals surface area contributed by atoms with Crippen molar-refractivity contribution in [1.82, 2.24) is 5.32 Å². The van der Waals surface area contributed by atoms with Crippen LogP contribution in [-0.2, 0) is 16.1 Å². The fraction of sp³-hybridized carbons (Fsp3) is 0.0526. The summed E-state index contributed by atoms with van der Waals surface area (Å²) in [5.74, 6) is -1.34. The number of hydrogen-bond acceptors (Lipinski definition) is 3. The molecule has 0 spiro atoms. The molecule has 5 nitrogen and oxygen atoms in total. The van der Waals surface area contributed by atoms with E-state index in [4.69, 9.17) is 0 Å². The van der Waals surface area contributed by atoms with E-state index in [1.807, 2.05) is 30.3 Å². The molecule has 0 unspecified atom stereocenters. The third kappa shape index (κ3) is 3.35. The van der Waals surface area contributed by atoms with E-state index in [0.717, 1.165) is 5.56 Å². The Kier molecular flexibility index (Phi) is 4.43. The van der Waals surface area contributed by atoms with Crippen LogP contribution in [-0.4, -0.2) is 16.9 Å². The Morgan fingerprint density at radius 3 is 2.29 bits per heavy atom. The van der Waals surface area contributed by atoms with E-state index >= 15 is 0 Å². The lowest BCUT2D eigenvalue weighted by Gasteiger charge is -2.10. The molecule has 2 amide bonds. The number of rotatable bonds is 3. The van der Waals surface area contributed by atoms with Crippen molar-refractivity contribution in [3.05, 3.63) is 72.3 Å². The SMILES string of the molecule is O=C(NCc1ccccc1)C(=O)Nc1cccc2c(O)cccc12. The van der Waals surface area contributed by atoms with Crippen LogP contribution in [0.1, 0.15) is 5.56 Å². The van der Waals surface area contributed by atoms with Crippen LogP contribution in [0.5, 0.6) is 5.75 Å². The fourth-order valence-corrected chi connectivity index (χ4v) is 2.44. The number of aromatic hydroxyl groups is 1. The first kappa shape index (κ1) is 15.6. The van der Waals surface area contributed by atoms with Gasteiger partial charge in [0.2, 0.25) is 0 Å². The zero-order valence-electron chi connectivity index (χ0n) is 12.8. The van der Waals surface area contributed by atoms with Crippen LogP contribution in [0, 0.1) is 0 Å². The topological polar surface area (TPSA) is 78.4 Å². The normalized spacial score (nSPS) is 10.3. The van der Waals surface area contributed by atoms with Crippen LogP contribution in [0.15, 0.2) is 66.7 Å². The Morgan fingerprint density at radius 2 is 1.50 bits per heavy atom. The number of fused-ring (bicyclic) bond motifs is 1. The molecule has 3 aromatic carbocycles. The number of phenols is 1. The monoisotopic (exact) mass is 320 g/mol. The second kappa shape index (κ2) is 6.83. The Balaban J connectivity index is 1.71. The minimum atomic E-state index is -0.748. The smallest absolute Gasteiger partial charge is 0.313 e. The van der Waals surface area contributed by atoms with Crippen molar-refractivity contribution in [2.45, 2.75) is 6.54 Å². The number of benzene rings is 3. The Morgan fingerprint density at radius 1 is 0.792 bits per heavy atom. The fourth-order valence-electron chi connectivity index (χ4n) is 2.44. The molecular weight excluding hydrogens is 304 g/mol. The van der Waals surface area contributed by atoms with Gasteiger partial charge < -0.3 is 15.7 Å². The molecule has 5 heteroatoms. The Hall–Kier alpha value is -3.34. The van der Waals surface area contributed by atoms with Gasteiger partial charge in [-0.15, -0.1) is 0 Å². The first-order valence-electron chi connectivity index (χ1n) is 7.49. The highest BCUT2D eigenvalue weighted by atomic mass is 16.3. The predicted molar refractivity (Wildman–Crippen MR) is 92.5 cm³/mol. The van der Waals surface area contributed by atoms with Crippen LogP contribution in [0.4, 0.5) is 5.69 Å². The number of carbonyl (C=O) groups is 2. The molecular formula is C19H16N2O3. The van der Waals surface area contributed by atoms with Crippen molar-refractivity contribution in [2.75, 3.05) is 5.32 Å². The van der Waals surface area contributed by atoms with Gasteiger partial charge >= 0.3 is 11.8 Å². The summed E-state index contributed by atoms with van der Waals surface area (Å²) in [5, 5.41) is 16.3. The van der Waals surface area contributed by atoms with Crippen molar-refractivity contribution in [3.8, 4) is 5.75 Å². The minimum absolute atomic E-state index is 0.122. The quantitative estimate of drug-likeness (QED) is 0.649. The van der Waals surface area contributed by atoms with Crippen molar-refractivity contribution in [1.29, 1.82) is 0 Å². The van der Waals surface area contributed by atoms with Gasteiger partial charge in [-0.3, -0.25) is 9.59 Å². The second-order valence-electron chi connectivity index (χ2n) is 5.30. The summed E-state index contributed by atoms with van der Waals surface area (Å²) in [7, 11) is 0. The first-order chi connectivity index (χ1) is 11.6. The molecule has 0 aliphatic heterocycles. The van der Waals surface area contributed by atoms with E-state index in [9.17, 15) is 14.7 Å². The molecule has 24 heavy (non-hydrogen) atoms. The second-order valence-corrected chi connectivity index (χ2v) is 5.30. The Labute approximate surface area is 138 Å². The summed E-state index contributed by atoms with van der Waals surface area (Å²) in [6, 6.07) is 19.5. The highest BCUT2D eigenvalue weighted by Gasteiger charge is 2.15. The van der Waals surface area contributed by atoms with Gasteiger partial charge in [0, 0.05) is 23.0 Å². The van der Waals surface area contributed by atoms with Crippen molar-refractivity contribution < 1.29 is 14.7 Å². The van der Waals surface area contributed by atoms with Gasteiger partial charge in [-0.1, -0.05) is 54.6 Å². The molecule has 3 aromatic rings. The molecule has 0 radical (unpaired) electrons. The molecule has 0 bridgehead atoms. The third-order valence-corrected chi connectivity index (χ3v) is 3.65. The standard InChI is InChI=1S/C19H16N2O3/c22-17-11-5-8-14-15(17)9-4-10-16(14)21-19(24)18(23)20-12-13-6-2-1-3-7-13/h1-11,22H,12H2,(H,20,23)(H,21,24). The highest BCUT2D eigenvalue weighted by molar-refractivity contribution is 6.40. The maximum Gasteiger partial charge on any atom is 0.313 e. The molecule has 0 aliphatic rings. The van der Waals surface area contributed by atoms with E-state index in [0.29, 0.717) is 16.5 Å². The van der Waals surface area contributed by atoms with Crippen LogP contribution in [0.3, 0.4) is 0 Å². The molecule has 120 valence electrons. The van der Waals surface area contributed by atoms with Crippen LogP contribution in [0.2, 0.25) is 0 Å². The number of anilines is 1. The molecule has 3 N–H and O–H groups in total. The van der Waals surface area contributed by atoms with E-state index in [1.165, 1.54) is 0 Å². The van der Waals surface area contributed by atoms with Crippen molar-refractivity contribution in [3.63, 3.8) is 0 Å². The first-order valence-corrected chi connectivity index (χ1v) is 7.49. The number of carbonyl (C=O) groups excluding carboxylic acids is 2. The summed E-state index contributed by atoms with van der Waals surface area (Å²) in [5.41, 5.74) is 1.39. The van der Waals surface area contributed by atoms with Gasteiger partial charge in [0.25, 0.3) is 0 Å². The summed E-state index contributed by atoms with van der Waals surface area (Å²) >= 11 is 0. The highest BCUT2D eigenvalue weighted by Crippen LogP contribution is 2.29.